The molecule has 3 rings (SSSR count). The maximum Gasteiger partial charge on any atom is 0.272 e. The zero-order valence-electron chi connectivity index (χ0n) is 13.4. The number of carbonyl (C=O) groups excluding carboxylic acids is 2. The van der Waals surface area contributed by atoms with Crippen LogP contribution in [0.1, 0.15) is 32.3 Å². The topological polar surface area (TPSA) is 77.1 Å². The number of nitrogens with one attached hydrogen (secondary N) is 1. The molecule has 1 N–H and O–H groups in total. The van der Waals surface area contributed by atoms with E-state index in [4.69, 9.17) is 4.42 Å². The highest BCUT2D eigenvalue weighted by molar-refractivity contribution is 6.00. The summed E-state index contributed by atoms with van der Waals surface area (Å²) in [6, 6.07) is 12.7. The lowest BCUT2D eigenvalue weighted by molar-refractivity contribution is 0.0889. The SMILES string of the molecule is Cc1ccc(-n2nc(C(=O)NCC(=O)c3ccco3)cc2C)cc1. The molecular weight excluding hydrogens is 306 g/mol. The number of Topliss-reactive ketones (excluding diaryl/α,β-unsaturated/α-hetero) is 1. The molecule has 0 fully saturated rings. The number of hydrogen-bond donors (Lipinski definition) is 1. The largest absolute Gasteiger partial charge is 0.461 e. The summed E-state index contributed by atoms with van der Waals surface area (Å²) in [6.07, 6.45) is 1.42. The van der Waals surface area contributed by atoms with Gasteiger partial charge in [0.15, 0.2) is 11.5 Å². The Labute approximate surface area is 139 Å². The number of furan rings is 1. The van der Waals surface area contributed by atoms with Gasteiger partial charge >= 0.3 is 0 Å². The fourth-order valence-electron chi connectivity index (χ4n) is 2.31. The summed E-state index contributed by atoms with van der Waals surface area (Å²) in [5.41, 5.74) is 3.13. The van der Waals surface area contributed by atoms with Crippen molar-refractivity contribution in [3.63, 3.8) is 0 Å². The lowest BCUT2D eigenvalue weighted by Gasteiger charge is -2.04. The molecule has 3 aromatic rings. The van der Waals surface area contributed by atoms with E-state index in [1.807, 2.05) is 38.1 Å². The molecule has 0 aliphatic heterocycles. The zero-order valence-corrected chi connectivity index (χ0v) is 13.4. The number of carbonyl (C=O) groups is 2. The lowest BCUT2D eigenvalue weighted by Crippen LogP contribution is -2.29. The standard InChI is InChI=1S/C18H17N3O3/c1-12-5-7-14(8-6-12)21-13(2)10-15(20-21)18(23)19-11-16(22)17-4-3-9-24-17/h3-10H,11H2,1-2H3,(H,19,23). The minimum atomic E-state index is -0.399. The van der Waals surface area contributed by atoms with Gasteiger partial charge in [-0.1, -0.05) is 17.7 Å². The molecule has 0 radical (unpaired) electrons. The van der Waals surface area contributed by atoms with Crippen LogP contribution in [0, 0.1) is 13.8 Å². The highest BCUT2D eigenvalue weighted by Crippen LogP contribution is 2.13. The normalized spacial score (nSPS) is 10.6. The molecule has 0 atom stereocenters. The molecule has 6 nitrogen and oxygen atoms in total. The third-order valence-corrected chi connectivity index (χ3v) is 3.60. The van der Waals surface area contributed by atoms with Crippen molar-refractivity contribution in [3.8, 4) is 5.69 Å². The van der Waals surface area contributed by atoms with E-state index in [-0.39, 0.29) is 23.8 Å². The van der Waals surface area contributed by atoms with Gasteiger partial charge in [0.05, 0.1) is 18.5 Å². The van der Waals surface area contributed by atoms with E-state index in [0.29, 0.717) is 0 Å². The monoisotopic (exact) mass is 323 g/mol. The first-order valence-electron chi connectivity index (χ1n) is 7.53. The summed E-state index contributed by atoms with van der Waals surface area (Å²) in [5.74, 6) is -0.469. The fourth-order valence-corrected chi connectivity index (χ4v) is 2.31. The molecule has 6 heteroatoms. The number of benzene rings is 1. The number of nitrogens with zero attached hydrogens (tertiary/aromatic N) is 2. The second-order valence-corrected chi connectivity index (χ2v) is 5.50. The molecule has 0 unspecified atom stereocenters. The molecule has 0 aliphatic rings. The Morgan fingerprint density at radius 1 is 1.17 bits per heavy atom. The quantitative estimate of drug-likeness (QED) is 0.732. The second-order valence-electron chi connectivity index (χ2n) is 5.50. The molecule has 0 spiro atoms. The van der Waals surface area contributed by atoms with Crippen molar-refractivity contribution in [2.24, 2.45) is 0 Å². The molecular formula is C18H17N3O3. The van der Waals surface area contributed by atoms with Gasteiger partial charge in [-0.05, 0) is 44.2 Å². The van der Waals surface area contributed by atoms with Gasteiger partial charge in [-0.3, -0.25) is 9.59 Å². The van der Waals surface area contributed by atoms with Crippen molar-refractivity contribution >= 4 is 11.7 Å². The van der Waals surface area contributed by atoms with Crippen molar-refractivity contribution in [2.45, 2.75) is 13.8 Å². The van der Waals surface area contributed by atoms with Crippen LogP contribution in [0.5, 0.6) is 0 Å². The highest BCUT2D eigenvalue weighted by atomic mass is 16.3. The van der Waals surface area contributed by atoms with Crippen molar-refractivity contribution in [1.29, 1.82) is 0 Å². The first-order valence-corrected chi connectivity index (χ1v) is 7.53. The molecule has 1 aromatic carbocycles. The maximum atomic E-state index is 12.2. The van der Waals surface area contributed by atoms with E-state index in [1.54, 1.807) is 22.9 Å². The Morgan fingerprint density at radius 3 is 2.58 bits per heavy atom. The predicted molar refractivity (Wildman–Crippen MR) is 88.4 cm³/mol. The van der Waals surface area contributed by atoms with E-state index < -0.39 is 5.91 Å². The molecule has 2 heterocycles. The van der Waals surface area contributed by atoms with Gasteiger partial charge in [-0.2, -0.15) is 5.10 Å². The van der Waals surface area contributed by atoms with E-state index >= 15 is 0 Å². The van der Waals surface area contributed by atoms with Crippen molar-refractivity contribution < 1.29 is 14.0 Å². The molecule has 122 valence electrons. The van der Waals surface area contributed by atoms with Crippen molar-refractivity contribution in [3.05, 3.63) is 71.4 Å². The minimum absolute atomic E-state index is 0.136. The van der Waals surface area contributed by atoms with E-state index in [0.717, 1.165) is 16.9 Å². The number of aromatic nitrogens is 2. The van der Waals surface area contributed by atoms with Crippen molar-refractivity contribution in [2.75, 3.05) is 6.54 Å². The summed E-state index contributed by atoms with van der Waals surface area (Å²) >= 11 is 0. The average Bonchev–Trinajstić information content (AvgIpc) is 3.23. The van der Waals surface area contributed by atoms with Crippen LogP contribution in [-0.2, 0) is 0 Å². The van der Waals surface area contributed by atoms with Gasteiger partial charge in [0.25, 0.3) is 5.91 Å². The Kier molecular flexibility index (Phi) is 4.29. The number of rotatable bonds is 5. The van der Waals surface area contributed by atoms with Crippen LogP contribution >= 0.6 is 0 Å². The molecule has 1 amide bonds. The summed E-state index contributed by atoms with van der Waals surface area (Å²) in [6.45, 7) is 3.75. The lowest BCUT2D eigenvalue weighted by atomic mass is 10.2. The van der Waals surface area contributed by atoms with Crippen LogP contribution < -0.4 is 5.32 Å². The molecule has 0 aliphatic carbocycles. The minimum Gasteiger partial charge on any atom is -0.461 e. The number of aryl methyl sites for hydroxylation is 2. The summed E-state index contributed by atoms with van der Waals surface area (Å²) in [4.78, 5) is 24.0. The van der Waals surface area contributed by atoms with E-state index in [2.05, 4.69) is 10.4 Å². The fraction of sp³-hybridized carbons (Fsp3) is 0.167. The van der Waals surface area contributed by atoms with Crippen LogP contribution in [0.15, 0.2) is 53.1 Å². The Hall–Kier alpha value is -3.15. The smallest absolute Gasteiger partial charge is 0.272 e. The zero-order chi connectivity index (χ0) is 17.1. The second kappa shape index (κ2) is 6.54. The van der Waals surface area contributed by atoms with Crippen molar-refractivity contribution in [1.82, 2.24) is 15.1 Å². The van der Waals surface area contributed by atoms with Crippen LogP contribution in [0.4, 0.5) is 0 Å². The van der Waals surface area contributed by atoms with Gasteiger partial charge in [0.1, 0.15) is 0 Å². The molecule has 0 bridgehead atoms. The summed E-state index contributed by atoms with van der Waals surface area (Å²) < 4.78 is 6.70. The first kappa shape index (κ1) is 15.7. The number of hydrogen-bond acceptors (Lipinski definition) is 4. The van der Waals surface area contributed by atoms with Crippen LogP contribution in [-0.4, -0.2) is 28.0 Å². The van der Waals surface area contributed by atoms with E-state index in [9.17, 15) is 9.59 Å². The number of amides is 1. The van der Waals surface area contributed by atoms with E-state index in [1.165, 1.54) is 6.26 Å². The average molecular weight is 323 g/mol. The van der Waals surface area contributed by atoms with Gasteiger partial charge in [-0.15, -0.1) is 0 Å². The van der Waals surface area contributed by atoms with Crippen LogP contribution in [0.25, 0.3) is 5.69 Å². The van der Waals surface area contributed by atoms with Gasteiger partial charge in [0, 0.05) is 5.69 Å². The molecule has 2 aromatic heterocycles. The third-order valence-electron chi connectivity index (χ3n) is 3.60. The maximum absolute atomic E-state index is 12.2. The summed E-state index contributed by atoms with van der Waals surface area (Å²) in [7, 11) is 0. The Balaban J connectivity index is 1.71. The van der Waals surface area contributed by atoms with Crippen LogP contribution in [0.3, 0.4) is 0 Å². The third kappa shape index (κ3) is 3.27. The Bertz CT molecular complexity index is 862. The molecule has 0 saturated heterocycles. The van der Waals surface area contributed by atoms with Gasteiger partial charge < -0.3 is 9.73 Å². The Morgan fingerprint density at radius 2 is 1.92 bits per heavy atom. The van der Waals surface area contributed by atoms with Gasteiger partial charge in [-0.25, -0.2) is 4.68 Å². The number of ketones is 1. The summed E-state index contributed by atoms with van der Waals surface area (Å²) in [5, 5.41) is 6.88. The predicted octanol–water partition coefficient (Wildman–Crippen LogP) is 2.69. The van der Waals surface area contributed by atoms with Crippen LogP contribution in [0.2, 0.25) is 0 Å². The molecule has 0 saturated carbocycles. The highest BCUT2D eigenvalue weighted by Gasteiger charge is 2.15. The molecule has 24 heavy (non-hydrogen) atoms. The van der Waals surface area contributed by atoms with Gasteiger partial charge in [0.2, 0.25) is 5.78 Å². The first-order chi connectivity index (χ1) is 11.5.